The van der Waals surface area contributed by atoms with Crippen LogP contribution in [0.15, 0.2) is 42.5 Å². The number of nitrogens with two attached hydrogens (primary N) is 1. The highest BCUT2D eigenvalue weighted by molar-refractivity contribution is 5.94. The summed E-state index contributed by atoms with van der Waals surface area (Å²) in [5, 5.41) is 15.5. The topological polar surface area (TPSA) is 108 Å². The smallest absolute Gasteiger partial charge is 0.248 e. The van der Waals surface area contributed by atoms with Crippen LogP contribution in [0.2, 0.25) is 0 Å². The van der Waals surface area contributed by atoms with Crippen molar-refractivity contribution in [2.45, 2.75) is 43.8 Å². The van der Waals surface area contributed by atoms with Crippen molar-refractivity contribution >= 4 is 11.8 Å². The molecule has 1 aliphatic heterocycles. The molecule has 0 aromatic heterocycles. The van der Waals surface area contributed by atoms with E-state index in [9.17, 15) is 19.2 Å². The summed E-state index contributed by atoms with van der Waals surface area (Å²) in [7, 11) is 0. The van der Waals surface area contributed by atoms with Crippen LogP contribution in [0.4, 0.5) is 4.39 Å². The monoisotopic (exact) mass is 406 g/mol. The van der Waals surface area contributed by atoms with Crippen molar-refractivity contribution in [3.63, 3.8) is 0 Å². The Labute approximate surface area is 174 Å². The molecular weight excluding hydrogens is 383 g/mol. The number of nitrogens with one attached hydrogen (secondary N) is 2. The highest BCUT2D eigenvalue weighted by Gasteiger charge is 2.43. The molecule has 30 heavy (non-hydrogen) atoms. The van der Waals surface area contributed by atoms with Gasteiger partial charge in [0.2, 0.25) is 11.8 Å². The van der Waals surface area contributed by atoms with Crippen LogP contribution >= 0.6 is 0 Å². The molecule has 4 atom stereocenters. The molecule has 2 bridgehead atoms. The molecule has 1 saturated heterocycles. The van der Waals surface area contributed by atoms with Gasteiger partial charge in [0, 0.05) is 18.0 Å². The number of piperidine rings is 1. The zero-order chi connectivity index (χ0) is 21.3. The molecule has 2 amide bonds. The van der Waals surface area contributed by atoms with Crippen molar-refractivity contribution in [1.82, 2.24) is 10.6 Å². The molecule has 0 unspecified atom stereocenters. The van der Waals surface area contributed by atoms with E-state index in [4.69, 9.17) is 5.73 Å². The largest absolute Gasteiger partial charge is 0.366 e. The predicted octanol–water partition coefficient (Wildman–Crippen LogP) is 2.28. The molecule has 154 valence electrons. The lowest BCUT2D eigenvalue weighted by Gasteiger charge is -2.23. The number of hydrogen-bond donors (Lipinski definition) is 3. The lowest BCUT2D eigenvalue weighted by Crippen LogP contribution is -2.50. The Hall–Kier alpha value is -3.24. The maximum atomic E-state index is 14.7. The Bertz CT molecular complexity index is 1030. The standard InChI is InChI=1S/C23H23FN4O2/c24-20-11-14(13-2-1-3-17(8-13)22(26)29)4-5-15(20)9-19(12-25)28-23(30)21-16-6-7-18(10-16)27-21/h1-5,8,11,16,18-19,21,27H,6-7,9-10H2,(H2,26,29)(H,28,30)/t16-,18-,19-,21-/m0/s1. The third kappa shape index (κ3) is 4.05. The Balaban J connectivity index is 1.45. The number of halogens is 1. The molecule has 1 heterocycles. The zero-order valence-corrected chi connectivity index (χ0v) is 16.4. The van der Waals surface area contributed by atoms with E-state index >= 15 is 0 Å². The lowest BCUT2D eigenvalue weighted by molar-refractivity contribution is -0.124. The molecule has 4 rings (SSSR count). The van der Waals surface area contributed by atoms with Gasteiger partial charge in [0.25, 0.3) is 0 Å². The summed E-state index contributed by atoms with van der Waals surface area (Å²) in [5.41, 5.74) is 7.27. The summed E-state index contributed by atoms with van der Waals surface area (Å²) in [6.45, 7) is 0. The number of carbonyl (C=O) groups is 2. The molecule has 1 aliphatic carbocycles. The molecule has 2 aliphatic rings. The Morgan fingerprint density at radius 1 is 1.23 bits per heavy atom. The molecule has 7 heteroatoms. The predicted molar refractivity (Wildman–Crippen MR) is 110 cm³/mol. The first-order chi connectivity index (χ1) is 14.4. The Morgan fingerprint density at radius 3 is 2.67 bits per heavy atom. The minimum atomic E-state index is -0.808. The van der Waals surface area contributed by atoms with E-state index in [0.717, 1.165) is 19.3 Å². The van der Waals surface area contributed by atoms with Crippen molar-refractivity contribution in [3.8, 4) is 17.2 Å². The number of amides is 2. The van der Waals surface area contributed by atoms with Crippen molar-refractivity contribution in [2.24, 2.45) is 11.7 Å². The van der Waals surface area contributed by atoms with E-state index in [2.05, 4.69) is 16.7 Å². The molecular formula is C23H23FN4O2. The fraction of sp³-hybridized carbons (Fsp3) is 0.348. The van der Waals surface area contributed by atoms with Crippen LogP contribution in [-0.2, 0) is 11.2 Å². The lowest BCUT2D eigenvalue weighted by atomic mass is 9.97. The number of nitriles is 1. The van der Waals surface area contributed by atoms with Gasteiger partial charge in [-0.1, -0.05) is 24.3 Å². The number of primary amides is 1. The molecule has 6 nitrogen and oxygen atoms in total. The molecule has 2 aromatic rings. The molecule has 0 spiro atoms. The van der Waals surface area contributed by atoms with Gasteiger partial charge in [0.1, 0.15) is 11.9 Å². The van der Waals surface area contributed by atoms with Crippen LogP contribution in [0, 0.1) is 23.1 Å². The van der Waals surface area contributed by atoms with Crippen molar-refractivity contribution in [2.75, 3.05) is 0 Å². The van der Waals surface area contributed by atoms with Crippen molar-refractivity contribution in [3.05, 3.63) is 59.4 Å². The number of hydrogen-bond acceptors (Lipinski definition) is 4. The minimum Gasteiger partial charge on any atom is -0.366 e. The van der Waals surface area contributed by atoms with Crippen LogP contribution in [0.5, 0.6) is 0 Å². The maximum absolute atomic E-state index is 14.7. The van der Waals surface area contributed by atoms with Gasteiger partial charge in [-0.05, 0) is 60.1 Å². The average molecular weight is 406 g/mol. The minimum absolute atomic E-state index is 0.0799. The highest BCUT2D eigenvalue weighted by Crippen LogP contribution is 2.35. The molecule has 1 saturated carbocycles. The van der Waals surface area contributed by atoms with E-state index in [1.54, 1.807) is 36.4 Å². The Kier molecular flexibility index (Phi) is 5.51. The van der Waals surface area contributed by atoms with Gasteiger partial charge in [-0.3, -0.25) is 9.59 Å². The third-order valence-electron chi connectivity index (χ3n) is 6.07. The summed E-state index contributed by atoms with van der Waals surface area (Å²) in [6, 6.07) is 12.7. The van der Waals surface area contributed by atoms with E-state index in [0.29, 0.717) is 34.2 Å². The summed E-state index contributed by atoms with van der Waals surface area (Å²) < 4.78 is 14.7. The quantitative estimate of drug-likeness (QED) is 0.684. The maximum Gasteiger partial charge on any atom is 0.248 e. The van der Waals surface area contributed by atoms with Crippen molar-refractivity contribution < 1.29 is 14.0 Å². The normalized spacial score (nSPS) is 23.0. The second kappa shape index (κ2) is 8.25. The van der Waals surface area contributed by atoms with E-state index in [1.807, 2.05) is 0 Å². The van der Waals surface area contributed by atoms with Gasteiger partial charge < -0.3 is 16.4 Å². The fourth-order valence-corrected chi connectivity index (χ4v) is 4.51. The number of nitrogens with zero attached hydrogens (tertiary/aromatic N) is 1. The van der Waals surface area contributed by atoms with Crippen LogP contribution in [-0.4, -0.2) is 29.9 Å². The van der Waals surface area contributed by atoms with E-state index in [1.165, 1.54) is 6.07 Å². The third-order valence-corrected chi connectivity index (χ3v) is 6.07. The SMILES string of the molecule is N#C[C@H](Cc1ccc(-c2cccc(C(N)=O)c2)cc1F)NC(=O)[C@H]1N[C@H]2CC[C@H]1C2. The van der Waals surface area contributed by atoms with Gasteiger partial charge in [0.15, 0.2) is 0 Å². The van der Waals surface area contributed by atoms with Crippen LogP contribution in [0.25, 0.3) is 11.1 Å². The van der Waals surface area contributed by atoms with Crippen LogP contribution < -0.4 is 16.4 Å². The fourth-order valence-electron chi connectivity index (χ4n) is 4.51. The van der Waals surface area contributed by atoms with E-state index in [-0.39, 0.29) is 18.4 Å². The van der Waals surface area contributed by atoms with Gasteiger partial charge in [-0.25, -0.2) is 4.39 Å². The summed E-state index contributed by atoms with van der Waals surface area (Å²) >= 11 is 0. The molecule has 2 aromatic carbocycles. The van der Waals surface area contributed by atoms with Crippen molar-refractivity contribution in [1.29, 1.82) is 5.26 Å². The van der Waals surface area contributed by atoms with Crippen LogP contribution in [0.1, 0.15) is 35.2 Å². The molecule has 2 fully saturated rings. The van der Waals surface area contributed by atoms with Crippen LogP contribution in [0.3, 0.4) is 0 Å². The van der Waals surface area contributed by atoms with Gasteiger partial charge in [-0.15, -0.1) is 0 Å². The average Bonchev–Trinajstić information content (AvgIpc) is 3.38. The summed E-state index contributed by atoms with van der Waals surface area (Å²) in [5.74, 6) is -0.883. The highest BCUT2D eigenvalue weighted by atomic mass is 19.1. The first kappa shape index (κ1) is 20.0. The van der Waals surface area contributed by atoms with E-state index < -0.39 is 17.8 Å². The summed E-state index contributed by atoms with van der Waals surface area (Å²) in [6.07, 6.45) is 3.20. The zero-order valence-electron chi connectivity index (χ0n) is 16.4. The number of fused-ring (bicyclic) bond motifs is 2. The molecule has 4 N–H and O–H groups in total. The second-order valence-electron chi connectivity index (χ2n) is 8.06. The second-order valence-corrected chi connectivity index (χ2v) is 8.06. The van der Waals surface area contributed by atoms with Gasteiger partial charge in [0.05, 0.1) is 12.1 Å². The van der Waals surface area contributed by atoms with Gasteiger partial charge in [-0.2, -0.15) is 5.26 Å². The Morgan fingerprint density at radius 2 is 2.03 bits per heavy atom. The number of rotatable bonds is 6. The number of carbonyl (C=O) groups excluding carboxylic acids is 2. The summed E-state index contributed by atoms with van der Waals surface area (Å²) in [4.78, 5) is 23.9. The van der Waals surface area contributed by atoms with Gasteiger partial charge >= 0.3 is 0 Å². The first-order valence-electron chi connectivity index (χ1n) is 10.1. The molecule has 0 radical (unpaired) electrons. The first-order valence-corrected chi connectivity index (χ1v) is 10.1. The number of benzene rings is 2.